The second kappa shape index (κ2) is 10.5. The van der Waals surface area contributed by atoms with Crippen LogP contribution >= 0.6 is 24.0 Å². The quantitative estimate of drug-likeness (QED) is 0.402. The van der Waals surface area contributed by atoms with Crippen molar-refractivity contribution in [2.24, 2.45) is 10.9 Å². The Morgan fingerprint density at radius 1 is 1.38 bits per heavy atom. The number of nitrogens with one attached hydrogen (secondary N) is 1. The van der Waals surface area contributed by atoms with Gasteiger partial charge in [0.2, 0.25) is 0 Å². The number of para-hydroxylation sites is 1. The van der Waals surface area contributed by atoms with Crippen LogP contribution in [0.25, 0.3) is 5.69 Å². The van der Waals surface area contributed by atoms with E-state index in [0.29, 0.717) is 12.5 Å². The van der Waals surface area contributed by atoms with E-state index >= 15 is 0 Å². The topological polar surface area (TPSA) is 54.7 Å². The number of aliphatic imine (C=N–C) groups is 1. The van der Waals surface area contributed by atoms with E-state index in [1.807, 2.05) is 29.1 Å². The highest BCUT2D eigenvalue weighted by molar-refractivity contribution is 14.0. The number of rotatable bonds is 6. The first-order chi connectivity index (χ1) is 12.3. The molecule has 1 aromatic heterocycles. The number of guanidine groups is 1. The van der Waals surface area contributed by atoms with Gasteiger partial charge in [0.1, 0.15) is 0 Å². The van der Waals surface area contributed by atoms with Gasteiger partial charge in [0.15, 0.2) is 5.96 Å². The summed E-state index contributed by atoms with van der Waals surface area (Å²) in [6, 6.07) is 10.2. The Hall–Kier alpha value is -1.61. The summed E-state index contributed by atoms with van der Waals surface area (Å²) in [7, 11) is 2.10. The Labute approximate surface area is 172 Å². The second-order valence-corrected chi connectivity index (χ2v) is 6.36. The Kier molecular flexibility index (Phi) is 8.37. The van der Waals surface area contributed by atoms with Gasteiger partial charge >= 0.3 is 0 Å². The third-order valence-corrected chi connectivity index (χ3v) is 4.39. The Bertz CT molecular complexity index is 683. The number of hydrogen-bond acceptors (Lipinski definition) is 3. The molecular weight excluding hydrogens is 441 g/mol. The van der Waals surface area contributed by atoms with Gasteiger partial charge in [-0.25, -0.2) is 9.67 Å². The molecule has 7 heteroatoms. The maximum absolute atomic E-state index is 5.49. The van der Waals surface area contributed by atoms with Gasteiger partial charge < -0.3 is 15.0 Å². The first-order valence-electron chi connectivity index (χ1n) is 8.93. The van der Waals surface area contributed by atoms with Crippen LogP contribution < -0.4 is 5.32 Å². The zero-order valence-corrected chi connectivity index (χ0v) is 17.8. The Balaban J connectivity index is 0.00000243. The number of halogens is 1. The summed E-state index contributed by atoms with van der Waals surface area (Å²) in [6.45, 7) is 6.26. The first-order valence-corrected chi connectivity index (χ1v) is 8.93. The van der Waals surface area contributed by atoms with E-state index in [1.165, 1.54) is 0 Å². The predicted octanol–water partition coefficient (Wildman–Crippen LogP) is 2.92. The van der Waals surface area contributed by atoms with Gasteiger partial charge in [-0.2, -0.15) is 5.10 Å². The molecule has 0 aliphatic carbocycles. The van der Waals surface area contributed by atoms with Crippen molar-refractivity contribution in [3.05, 3.63) is 48.3 Å². The van der Waals surface area contributed by atoms with E-state index in [0.717, 1.165) is 49.9 Å². The monoisotopic (exact) mass is 469 g/mol. The molecule has 2 aromatic rings. The van der Waals surface area contributed by atoms with Crippen LogP contribution in [0.15, 0.2) is 47.7 Å². The van der Waals surface area contributed by atoms with Crippen LogP contribution in [0.2, 0.25) is 0 Å². The molecule has 1 aliphatic rings. The molecule has 0 bridgehead atoms. The summed E-state index contributed by atoms with van der Waals surface area (Å²) in [5.74, 6) is 1.52. The van der Waals surface area contributed by atoms with Gasteiger partial charge in [-0.1, -0.05) is 18.2 Å². The summed E-state index contributed by atoms with van der Waals surface area (Å²) < 4.78 is 7.37. The van der Waals surface area contributed by atoms with E-state index in [2.05, 4.69) is 41.4 Å². The largest absolute Gasteiger partial charge is 0.381 e. The summed E-state index contributed by atoms with van der Waals surface area (Å²) in [5, 5.41) is 7.74. The first kappa shape index (κ1) is 20.7. The van der Waals surface area contributed by atoms with Crippen molar-refractivity contribution in [2.75, 3.05) is 33.4 Å². The lowest BCUT2D eigenvalue weighted by Gasteiger charge is -2.24. The molecule has 0 radical (unpaired) electrons. The minimum atomic E-state index is 0. The van der Waals surface area contributed by atoms with Crippen LogP contribution in [0.4, 0.5) is 0 Å². The van der Waals surface area contributed by atoms with Gasteiger partial charge in [-0.15, -0.1) is 24.0 Å². The zero-order valence-electron chi connectivity index (χ0n) is 15.5. The van der Waals surface area contributed by atoms with Crippen LogP contribution in [0.3, 0.4) is 0 Å². The molecule has 0 spiro atoms. The van der Waals surface area contributed by atoms with Gasteiger partial charge in [-0.3, -0.25) is 0 Å². The Morgan fingerprint density at radius 3 is 2.92 bits per heavy atom. The van der Waals surface area contributed by atoms with Gasteiger partial charge in [-0.05, 0) is 31.0 Å². The molecule has 1 atom stereocenters. The SMILES string of the molecule is CCNC(=NCc1ccccc1-n1cccn1)N(C)CC1CCOC1.I. The normalized spacial score (nSPS) is 17.0. The summed E-state index contributed by atoms with van der Waals surface area (Å²) >= 11 is 0. The molecule has 26 heavy (non-hydrogen) atoms. The fourth-order valence-electron chi connectivity index (χ4n) is 3.11. The third kappa shape index (κ3) is 5.44. The van der Waals surface area contributed by atoms with Crippen molar-refractivity contribution in [1.29, 1.82) is 0 Å². The zero-order chi connectivity index (χ0) is 17.5. The lowest BCUT2D eigenvalue weighted by Crippen LogP contribution is -2.41. The molecule has 1 aromatic carbocycles. The minimum absolute atomic E-state index is 0. The van der Waals surface area contributed by atoms with Crippen molar-refractivity contribution >= 4 is 29.9 Å². The van der Waals surface area contributed by atoms with Crippen LogP contribution in [0, 0.1) is 5.92 Å². The molecule has 0 saturated carbocycles. The number of benzene rings is 1. The molecule has 3 rings (SSSR count). The van der Waals surface area contributed by atoms with Crippen molar-refractivity contribution in [3.8, 4) is 5.69 Å². The molecule has 1 N–H and O–H groups in total. The van der Waals surface area contributed by atoms with E-state index in [4.69, 9.17) is 9.73 Å². The van der Waals surface area contributed by atoms with E-state index < -0.39 is 0 Å². The molecule has 1 saturated heterocycles. The molecule has 1 unspecified atom stereocenters. The molecule has 0 amide bonds. The average Bonchev–Trinajstić information content (AvgIpc) is 3.32. The van der Waals surface area contributed by atoms with Gasteiger partial charge in [0.05, 0.1) is 18.8 Å². The summed E-state index contributed by atoms with van der Waals surface area (Å²) in [5.41, 5.74) is 2.22. The summed E-state index contributed by atoms with van der Waals surface area (Å²) in [4.78, 5) is 7.05. The van der Waals surface area contributed by atoms with Gasteiger partial charge in [0.25, 0.3) is 0 Å². The molecule has 1 aliphatic heterocycles. The molecule has 142 valence electrons. The standard InChI is InChI=1S/C19H27N5O.HI/c1-3-20-19(23(2)14-16-9-12-25-15-16)21-13-17-7-4-5-8-18(17)24-11-6-10-22-24;/h4-8,10-11,16H,3,9,12-15H2,1-2H3,(H,20,21);1H. The fourth-order valence-corrected chi connectivity index (χ4v) is 3.11. The molecule has 1 fully saturated rings. The lowest BCUT2D eigenvalue weighted by atomic mass is 10.1. The number of nitrogens with zero attached hydrogens (tertiary/aromatic N) is 4. The molecule has 2 heterocycles. The van der Waals surface area contributed by atoms with Crippen LogP contribution in [0.1, 0.15) is 18.9 Å². The second-order valence-electron chi connectivity index (χ2n) is 6.36. The smallest absolute Gasteiger partial charge is 0.193 e. The maximum Gasteiger partial charge on any atom is 0.193 e. The number of aromatic nitrogens is 2. The predicted molar refractivity (Wildman–Crippen MR) is 115 cm³/mol. The van der Waals surface area contributed by atoms with Crippen molar-refractivity contribution in [3.63, 3.8) is 0 Å². The molecular formula is C19H28IN5O. The van der Waals surface area contributed by atoms with E-state index in [-0.39, 0.29) is 24.0 Å². The highest BCUT2D eigenvalue weighted by atomic mass is 127. The highest BCUT2D eigenvalue weighted by Crippen LogP contribution is 2.16. The van der Waals surface area contributed by atoms with Gasteiger partial charge in [0, 0.05) is 45.1 Å². The Morgan fingerprint density at radius 2 is 2.23 bits per heavy atom. The number of ether oxygens (including phenoxy) is 1. The van der Waals surface area contributed by atoms with Crippen molar-refractivity contribution in [1.82, 2.24) is 20.0 Å². The minimum Gasteiger partial charge on any atom is -0.381 e. The molecule has 6 nitrogen and oxygen atoms in total. The average molecular weight is 469 g/mol. The fraction of sp³-hybridized carbons (Fsp3) is 0.474. The van der Waals surface area contributed by atoms with E-state index in [9.17, 15) is 0 Å². The van der Waals surface area contributed by atoms with Crippen molar-refractivity contribution in [2.45, 2.75) is 19.9 Å². The maximum atomic E-state index is 5.49. The third-order valence-electron chi connectivity index (χ3n) is 4.39. The van der Waals surface area contributed by atoms with Crippen molar-refractivity contribution < 1.29 is 4.74 Å². The lowest BCUT2D eigenvalue weighted by molar-refractivity contribution is 0.181. The summed E-state index contributed by atoms with van der Waals surface area (Å²) in [6.07, 6.45) is 4.88. The highest BCUT2D eigenvalue weighted by Gasteiger charge is 2.19. The van der Waals surface area contributed by atoms with E-state index in [1.54, 1.807) is 6.20 Å². The van der Waals surface area contributed by atoms with Crippen LogP contribution in [0.5, 0.6) is 0 Å². The van der Waals surface area contributed by atoms with Crippen LogP contribution in [-0.2, 0) is 11.3 Å². The van der Waals surface area contributed by atoms with Crippen LogP contribution in [-0.4, -0.2) is 54.0 Å². The number of hydrogen-bond donors (Lipinski definition) is 1.